The Bertz CT molecular complexity index is 165. The Kier molecular flexibility index (Phi) is 4.53. The molecule has 2 aliphatic carbocycles. The third-order valence-corrected chi connectivity index (χ3v) is 4.59. The van der Waals surface area contributed by atoms with Gasteiger partial charge in [0.05, 0.1) is 0 Å². The molecule has 0 aromatic rings. The van der Waals surface area contributed by atoms with Crippen LogP contribution in [0.25, 0.3) is 0 Å². The Morgan fingerprint density at radius 2 is 1.73 bits per heavy atom. The molecule has 0 aromatic carbocycles. The van der Waals surface area contributed by atoms with Gasteiger partial charge in [-0.25, -0.2) is 0 Å². The zero-order valence-electron chi connectivity index (χ0n) is 10.4. The van der Waals surface area contributed by atoms with E-state index in [2.05, 4.69) is 6.92 Å². The molecule has 2 fully saturated rings. The van der Waals surface area contributed by atoms with Crippen LogP contribution in [0.2, 0.25) is 0 Å². The molecule has 0 unspecified atom stereocenters. The Hall–Kier alpha value is 0. The third-order valence-electron chi connectivity index (χ3n) is 4.59. The van der Waals surface area contributed by atoms with Crippen LogP contribution in [-0.4, -0.2) is 0 Å². The number of hydrogen-bond donors (Lipinski definition) is 0. The Labute approximate surface area is 95.8 Å². The summed E-state index contributed by atoms with van der Waals surface area (Å²) in [5.41, 5.74) is 0. The summed E-state index contributed by atoms with van der Waals surface area (Å²) in [7, 11) is 0. The highest BCUT2D eigenvalue weighted by Crippen LogP contribution is 2.40. The maximum Gasteiger partial charge on any atom is -0.0210 e. The van der Waals surface area contributed by atoms with Gasteiger partial charge in [-0.3, -0.25) is 0 Å². The van der Waals surface area contributed by atoms with Crippen LogP contribution in [0.15, 0.2) is 0 Å². The van der Waals surface area contributed by atoms with Crippen molar-refractivity contribution in [3.63, 3.8) is 0 Å². The normalized spacial score (nSPS) is 22.8. The van der Waals surface area contributed by atoms with Crippen molar-refractivity contribution >= 4 is 0 Å². The predicted octanol–water partition coefficient (Wildman–Crippen LogP) is 5.13. The largest absolute Gasteiger partial charge is 0.0654 e. The maximum atomic E-state index is 2.34. The molecule has 1 radical (unpaired) electrons. The molecule has 0 spiro atoms. The average molecular weight is 207 g/mol. The molecular formula is C15H27. The second-order valence-corrected chi connectivity index (χ2v) is 5.73. The SMILES string of the molecule is CCC[C](CCCC1CCC1)C1CCC1. The summed E-state index contributed by atoms with van der Waals surface area (Å²) in [5, 5.41) is 0. The molecule has 0 atom stereocenters. The van der Waals surface area contributed by atoms with Gasteiger partial charge in [0.2, 0.25) is 0 Å². The first kappa shape index (κ1) is 11.5. The summed E-state index contributed by atoms with van der Waals surface area (Å²) in [6.07, 6.45) is 16.4. The minimum absolute atomic E-state index is 1.05. The van der Waals surface area contributed by atoms with Gasteiger partial charge in [0.15, 0.2) is 0 Å². The Balaban J connectivity index is 1.59. The molecule has 0 heteroatoms. The zero-order valence-corrected chi connectivity index (χ0v) is 10.4. The van der Waals surface area contributed by atoms with Crippen molar-refractivity contribution in [1.29, 1.82) is 0 Å². The van der Waals surface area contributed by atoms with Gasteiger partial charge in [-0.1, -0.05) is 51.9 Å². The first-order valence-corrected chi connectivity index (χ1v) is 7.24. The maximum absolute atomic E-state index is 2.34. The lowest BCUT2D eigenvalue weighted by molar-refractivity contribution is 0.269. The van der Waals surface area contributed by atoms with Gasteiger partial charge in [-0.05, 0) is 43.4 Å². The van der Waals surface area contributed by atoms with Crippen LogP contribution >= 0.6 is 0 Å². The zero-order chi connectivity index (χ0) is 10.5. The van der Waals surface area contributed by atoms with E-state index >= 15 is 0 Å². The minimum atomic E-state index is 1.05. The van der Waals surface area contributed by atoms with Gasteiger partial charge in [-0.2, -0.15) is 0 Å². The summed E-state index contributed by atoms with van der Waals surface area (Å²) in [4.78, 5) is 0. The van der Waals surface area contributed by atoms with Crippen LogP contribution < -0.4 is 0 Å². The monoisotopic (exact) mass is 207 g/mol. The van der Waals surface area contributed by atoms with Gasteiger partial charge in [0.1, 0.15) is 0 Å². The van der Waals surface area contributed by atoms with E-state index in [9.17, 15) is 0 Å². The third kappa shape index (κ3) is 3.23. The van der Waals surface area contributed by atoms with Crippen LogP contribution in [0, 0.1) is 17.8 Å². The molecule has 2 rings (SSSR count). The lowest BCUT2D eigenvalue weighted by Gasteiger charge is -2.34. The van der Waals surface area contributed by atoms with Gasteiger partial charge >= 0.3 is 0 Å². The van der Waals surface area contributed by atoms with Gasteiger partial charge in [0, 0.05) is 0 Å². The van der Waals surface area contributed by atoms with E-state index in [1.807, 2.05) is 5.92 Å². The highest BCUT2D eigenvalue weighted by atomic mass is 14.3. The Morgan fingerprint density at radius 1 is 1.00 bits per heavy atom. The van der Waals surface area contributed by atoms with Crippen LogP contribution in [-0.2, 0) is 0 Å². The molecule has 0 saturated heterocycles. The van der Waals surface area contributed by atoms with Crippen LogP contribution in [0.4, 0.5) is 0 Å². The molecule has 0 N–H and O–H groups in total. The predicted molar refractivity (Wildman–Crippen MR) is 66.7 cm³/mol. The highest BCUT2D eigenvalue weighted by Gasteiger charge is 2.27. The fourth-order valence-electron chi connectivity index (χ4n) is 3.07. The second kappa shape index (κ2) is 5.92. The van der Waals surface area contributed by atoms with Crippen molar-refractivity contribution in [2.45, 2.75) is 77.6 Å². The lowest BCUT2D eigenvalue weighted by atomic mass is 9.71. The van der Waals surface area contributed by atoms with Crippen LogP contribution in [0.1, 0.15) is 77.6 Å². The molecular weight excluding hydrogens is 180 g/mol. The summed E-state index contributed by atoms with van der Waals surface area (Å²) < 4.78 is 0. The van der Waals surface area contributed by atoms with Crippen molar-refractivity contribution in [2.75, 3.05) is 0 Å². The first-order valence-electron chi connectivity index (χ1n) is 7.24. The molecule has 0 bridgehead atoms. The second-order valence-electron chi connectivity index (χ2n) is 5.73. The van der Waals surface area contributed by atoms with E-state index in [1.165, 1.54) is 70.6 Å². The van der Waals surface area contributed by atoms with Crippen molar-refractivity contribution in [3.8, 4) is 0 Å². The molecule has 2 aliphatic rings. The summed E-state index contributed by atoms with van der Waals surface area (Å²) >= 11 is 0. The molecule has 2 saturated carbocycles. The Morgan fingerprint density at radius 3 is 2.20 bits per heavy atom. The quantitative estimate of drug-likeness (QED) is 0.543. The lowest BCUT2D eigenvalue weighted by Crippen LogP contribution is -2.20. The van der Waals surface area contributed by atoms with Crippen molar-refractivity contribution in [2.24, 2.45) is 11.8 Å². The molecule has 0 nitrogen and oxygen atoms in total. The van der Waals surface area contributed by atoms with E-state index < -0.39 is 0 Å². The van der Waals surface area contributed by atoms with E-state index in [1.54, 1.807) is 0 Å². The standard InChI is InChI=1S/C15H27/c1-2-6-14(15-11-5-12-15)10-4-9-13-7-3-8-13/h13,15H,2-12H2,1H3. The van der Waals surface area contributed by atoms with Crippen molar-refractivity contribution in [1.82, 2.24) is 0 Å². The van der Waals surface area contributed by atoms with E-state index in [-0.39, 0.29) is 0 Å². The smallest absolute Gasteiger partial charge is 0.0210 e. The van der Waals surface area contributed by atoms with Crippen LogP contribution in [0.5, 0.6) is 0 Å². The first-order chi connectivity index (χ1) is 7.40. The van der Waals surface area contributed by atoms with E-state index in [4.69, 9.17) is 0 Å². The fraction of sp³-hybridized carbons (Fsp3) is 0.933. The molecule has 15 heavy (non-hydrogen) atoms. The molecule has 0 aromatic heterocycles. The molecule has 0 heterocycles. The fourth-order valence-corrected chi connectivity index (χ4v) is 3.07. The number of rotatable bonds is 7. The van der Waals surface area contributed by atoms with Crippen molar-refractivity contribution in [3.05, 3.63) is 5.92 Å². The molecule has 0 amide bonds. The van der Waals surface area contributed by atoms with Crippen molar-refractivity contribution < 1.29 is 0 Å². The average Bonchev–Trinajstić information content (AvgIpc) is 2.06. The summed E-state index contributed by atoms with van der Waals surface area (Å²) in [6.45, 7) is 2.34. The number of hydrogen-bond acceptors (Lipinski definition) is 0. The van der Waals surface area contributed by atoms with E-state index in [0.29, 0.717) is 0 Å². The minimum Gasteiger partial charge on any atom is -0.0654 e. The molecule has 0 aliphatic heterocycles. The summed E-state index contributed by atoms with van der Waals surface area (Å²) in [6, 6.07) is 0. The summed E-state index contributed by atoms with van der Waals surface area (Å²) in [5.74, 6) is 4.10. The van der Waals surface area contributed by atoms with Gasteiger partial charge in [-0.15, -0.1) is 0 Å². The topological polar surface area (TPSA) is 0 Å². The van der Waals surface area contributed by atoms with E-state index in [0.717, 1.165) is 11.8 Å². The molecule has 87 valence electrons. The van der Waals surface area contributed by atoms with Gasteiger partial charge in [0.25, 0.3) is 0 Å². The highest BCUT2D eigenvalue weighted by molar-refractivity contribution is 4.99. The van der Waals surface area contributed by atoms with Crippen LogP contribution in [0.3, 0.4) is 0 Å². The van der Waals surface area contributed by atoms with Gasteiger partial charge < -0.3 is 0 Å².